The first-order valence-corrected chi connectivity index (χ1v) is 9.77. The number of nitrogens with one attached hydrogen (secondary N) is 1. The van der Waals surface area contributed by atoms with Crippen LogP contribution in [0.15, 0.2) is 60.8 Å². The van der Waals surface area contributed by atoms with Crippen molar-refractivity contribution >= 4 is 17.5 Å². The van der Waals surface area contributed by atoms with E-state index >= 15 is 0 Å². The highest BCUT2D eigenvalue weighted by atomic mass is 35.5. The zero-order chi connectivity index (χ0) is 18.6. The molecule has 1 aromatic heterocycles. The molecule has 1 aliphatic carbocycles. The van der Waals surface area contributed by atoms with E-state index in [4.69, 9.17) is 22.3 Å². The van der Waals surface area contributed by atoms with Gasteiger partial charge in [-0.1, -0.05) is 60.1 Å². The summed E-state index contributed by atoms with van der Waals surface area (Å²) in [5, 5.41) is 3.98. The van der Waals surface area contributed by atoms with Gasteiger partial charge in [-0.15, -0.1) is 0 Å². The molecule has 1 fully saturated rings. The van der Waals surface area contributed by atoms with Gasteiger partial charge >= 0.3 is 0 Å². The lowest BCUT2D eigenvalue weighted by Crippen LogP contribution is -2.35. The number of halogens is 1. The molecule has 2 atom stereocenters. The number of benzene rings is 2. The second-order valence-electron chi connectivity index (χ2n) is 7.10. The Bertz CT molecular complexity index is 913. The number of anilines is 1. The molecule has 1 aliphatic rings. The molecule has 138 valence electrons. The first-order chi connectivity index (χ1) is 13.2. The van der Waals surface area contributed by atoms with E-state index in [1.54, 1.807) is 6.20 Å². The van der Waals surface area contributed by atoms with Crippen molar-refractivity contribution in [3.8, 4) is 22.4 Å². The van der Waals surface area contributed by atoms with Crippen molar-refractivity contribution in [2.75, 3.05) is 5.32 Å². The number of nitrogens with zero attached hydrogens (tertiary/aromatic N) is 2. The van der Waals surface area contributed by atoms with E-state index in [2.05, 4.69) is 34.6 Å². The van der Waals surface area contributed by atoms with Crippen LogP contribution in [-0.4, -0.2) is 22.1 Å². The SMILES string of the molecule is NC1CCCC(Nc2ncc(Cl)c(-c3cccc(-c4ccccc4)c3)n2)C1. The zero-order valence-corrected chi connectivity index (χ0v) is 15.9. The maximum Gasteiger partial charge on any atom is 0.223 e. The van der Waals surface area contributed by atoms with Crippen LogP contribution in [-0.2, 0) is 0 Å². The molecule has 4 nitrogen and oxygen atoms in total. The van der Waals surface area contributed by atoms with Crippen molar-refractivity contribution in [3.63, 3.8) is 0 Å². The van der Waals surface area contributed by atoms with Crippen LogP contribution in [0.5, 0.6) is 0 Å². The van der Waals surface area contributed by atoms with Gasteiger partial charge < -0.3 is 11.1 Å². The Balaban J connectivity index is 1.62. The van der Waals surface area contributed by atoms with Crippen LogP contribution in [0.3, 0.4) is 0 Å². The second kappa shape index (κ2) is 8.07. The summed E-state index contributed by atoms with van der Waals surface area (Å²) < 4.78 is 0. The molecule has 5 heteroatoms. The number of rotatable bonds is 4. The van der Waals surface area contributed by atoms with E-state index in [1.807, 2.05) is 30.3 Å². The molecule has 1 saturated carbocycles. The predicted octanol–water partition coefficient (Wildman–Crippen LogP) is 5.15. The van der Waals surface area contributed by atoms with Crippen LogP contribution in [0.2, 0.25) is 5.02 Å². The molecule has 27 heavy (non-hydrogen) atoms. The smallest absolute Gasteiger partial charge is 0.223 e. The molecule has 2 aromatic carbocycles. The Kier molecular flexibility index (Phi) is 5.37. The average molecular weight is 379 g/mol. The lowest BCUT2D eigenvalue weighted by molar-refractivity contribution is 0.408. The van der Waals surface area contributed by atoms with Crippen LogP contribution in [0.4, 0.5) is 5.95 Å². The molecule has 4 rings (SSSR count). The standard InChI is InChI=1S/C22H23ClN4/c23-20-14-25-22(26-19-11-5-10-18(24)13-19)27-21(20)17-9-4-8-16(12-17)15-6-2-1-3-7-15/h1-4,6-9,12,14,18-19H,5,10-11,13,24H2,(H,25,26,27). The van der Waals surface area contributed by atoms with Crippen LogP contribution >= 0.6 is 11.6 Å². The molecule has 0 saturated heterocycles. The van der Waals surface area contributed by atoms with Gasteiger partial charge in [0.25, 0.3) is 0 Å². The molecule has 0 bridgehead atoms. The van der Waals surface area contributed by atoms with Gasteiger partial charge in [0.1, 0.15) is 0 Å². The molecule has 2 unspecified atom stereocenters. The van der Waals surface area contributed by atoms with Crippen molar-refractivity contribution in [1.29, 1.82) is 0 Å². The van der Waals surface area contributed by atoms with E-state index in [-0.39, 0.29) is 6.04 Å². The Labute approximate surface area is 164 Å². The highest BCUT2D eigenvalue weighted by molar-refractivity contribution is 6.32. The largest absolute Gasteiger partial charge is 0.351 e. The Morgan fingerprint density at radius 1 is 0.963 bits per heavy atom. The number of aromatic nitrogens is 2. The van der Waals surface area contributed by atoms with Crippen LogP contribution in [0.1, 0.15) is 25.7 Å². The Morgan fingerprint density at radius 3 is 2.56 bits per heavy atom. The van der Waals surface area contributed by atoms with Gasteiger partial charge in [0.05, 0.1) is 16.9 Å². The van der Waals surface area contributed by atoms with Crippen molar-refractivity contribution in [2.24, 2.45) is 5.73 Å². The molecular formula is C22H23ClN4. The molecule has 0 aliphatic heterocycles. The lowest BCUT2D eigenvalue weighted by Gasteiger charge is -2.27. The fourth-order valence-electron chi connectivity index (χ4n) is 3.66. The van der Waals surface area contributed by atoms with E-state index in [9.17, 15) is 0 Å². The van der Waals surface area contributed by atoms with Crippen molar-refractivity contribution in [3.05, 3.63) is 65.8 Å². The Hall–Kier alpha value is -2.43. The van der Waals surface area contributed by atoms with Crippen molar-refractivity contribution in [2.45, 2.75) is 37.8 Å². The monoisotopic (exact) mass is 378 g/mol. The summed E-state index contributed by atoms with van der Waals surface area (Å²) in [6.45, 7) is 0. The van der Waals surface area contributed by atoms with Crippen LogP contribution in [0.25, 0.3) is 22.4 Å². The van der Waals surface area contributed by atoms with Crippen molar-refractivity contribution in [1.82, 2.24) is 9.97 Å². The summed E-state index contributed by atoms with van der Waals surface area (Å²) in [6.07, 6.45) is 5.95. The summed E-state index contributed by atoms with van der Waals surface area (Å²) in [6, 6.07) is 19.1. The molecular weight excluding hydrogens is 356 g/mol. The second-order valence-corrected chi connectivity index (χ2v) is 7.51. The van der Waals surface area contributed by atoms with E-state index < -0.39 is 0 Å². The summed E-state index contributed by atoms with van der Waals surface area (Å²) in [5.41, 5.74) is 10.1. The topological polar surface area (TPSA) is 63.8 Å². The maximum absolute atomic E-state index is 6.42. The molecule has 3 aromatic rings. The van der Waals surface area contributed by atoms with Gasteiger partial charge in [0, 0.05) is 17.6 Å². The maximum atomic E-state index is 6.42. The van der Waals surface area contributed by atoms with Gasteiger partial charge in [0.2, 0.25) is 5.95 Å². The third-order valence-electron chi connectivity index (χ3n) is 5.04. The first-order valence-electron chi connectivity index (χ1n) is 9.39. The van der Waals surface area contributed by atoms with E-state index in [0.717, 1.165) is 42.5 Å². The summed E-state index contributed by atoms with van der Waals surface area (Å²) >= 11 is 6.42. The van der Waals surface area contributed by atoms with Crippen LogP contribution in [0, 0.1) is 0 Å². The minimum atomic E-state index is 0.255. The quantitative estimate of drug-likeness (QED) is 0.659. The van der Waals surface area contributed by atoms with Crippen molar-refractivity contribution < 1.29 is 0 Å². The fraction of sp³-hybridized carbons (Fsp3) is 0.273. The highest BCUT2D eigenvalue weighted by Gasteiger charge is 2.20. The lowest BCUT2D eigenvalue weighted by atomic mass is 9.92. The number of hydrogen-bond acceptors (Lipinski definition) is 4. The Morgan fingerprint density at radius 2 is 1.74 bits per heavy atom. The van der Waals surface area contributed by atoms with E-state index in [0.29, 0.717) is 17.0 Å². The molecule has 0 radical (unpaired) electrons. The zero-order valence-electron chi connectivity index (χ0n) is 15.1. The molecule has 3 N–H and O–H groups in total. The molecule has 0 amide bonds. The normalized spacial score (nSPS) is 19.6. The summed E-state index contributed by atoms with van der Waals surface area (Å²) in [4.78, 5) is 9.07. The molecule has 0 spiro atoms. The average Bonchev–Trinajstić information content (AvgIpc) is 2.70. The fourth-order valence-corrected chi connectivity index (χ4v) is 3.86. The van der Waals surface area contributed by atoms with Gasteiger partial charge in [-0.05, 0) is 42.9 Å². The predicted molar refractivity (Wildman–Crippen MR) is 112 cm³/mol. The first kappa shape index (κ1) is 18.0. The van der Waals surface area contributed by atoms with E-state index in [1.165, 1.54) is 5.56 Å². The van der Waals surface area contributed by atoms with Gasteiger partial charge in [-0.2, -0.15) is 0 Å². The summed E-state index contributed by atoms with van der Waals surface area (Å²) in [7, 11) is 0. The van der Waals surface area contributed by atoms with Gasteiger partial charge in [-0.3, -0.25) is 0 Å². The number of nitrogens with two attached hydrogens (primary N) is 1. The number of hydrogen-bond donors (Lipinski definition) is 2. The summed E-state index contributed by atoms with van der Waals surface area (Å²) in [5.74, 6) is 0.610. The highest BCUT2D eigenvalue weighted by Crippen LogP contribution is 2.30. The minimum absolute atomic E-state index is 0.255. The molecule has 1 heterocycles. The van der Waals surface area contributed by atoms with Crippen LogP contribution < -0.4 is 11.1 Å². The third-order valence-corrected chi connectivity index (χ3v) is 5.31. The van der Waals surface area contributed by atoms with Gasteiger partial charge in [0.15, 0.2) is 0 Å². The van der Waals surface area contributed by atoms with Gasteiger partial charge in [-0.25, -0.2) is 9.97 Å². The minimum Gasteiger partial charge on any atom is -0.351 e. The third kappa shape index (κ3) is 4.29.